The molecular formula is C20H20N4O4S. The first kappa shape index (κ1) is 19.2. The Morgan fingerprint density at radius 1 is 1.17 bits per heavy atom. The number of thiophene rings is 1. The van der Waals surface area contributed by atoms with Crippen molar-refractivity contribution in [2.24, 2.45) is 0 Å². The lowest BCUT2D eigenvalue weighted by molar-refractivity contribution is 0.0741. The third-order valence-electron chi connectivity index (χ3n) is 4.74. The van der Waals surface area contributed by atoms with Gasteiger partial charge in [0.05, 0.1) is 36.0 Å². The van der Waals surface area contributed by atoms with Crippen LogP contribution in [0.3, 0.4) is 0 Å². The molecule has 1 amide bonds. The first-order chi connectivity index (χ1) is 14.0. The van der Waals surface area contributed by atoms with Crippen molar-refractivity contribution in [3.8, 4) is 17.1 Å². The monoisotopic (exact) mass is 412 g/mol. The Bertz CT molecular complexity index is 1260. The van der Waals surface area contributed by atoms with E-state index in [1.807, 2.05) is 16.8 Å². The standard InChI is InChI=1S/C20H20N4O4S/c1-24(4-5-27-2)20(26)12-6-11-7-14(21-13(11)8-17(12)28-3)18-19(25)23-16-10-29-9-15(16)22-18/h6-10,21H,4-5H2,1-3H3,(H,23,25). The molecule has 0 saturated carbocycles. The highest BCUT2D eigenvalue weighted by atomic mass is 32.1. The SMILES string of the molecule is COCCN(C)C(=O)c1cc2cc(-c3nc4cscc4[nH]c3=O)[nH]c2cc1OC. The molecule has 0 unspecified atom stereocenters. The summed E-state index contributed by atoms with van der Waals surface area (Å²) < 4.78 is 10.5. The summed E-state index contributed by atoms with van der Waals surface area (Å²) in [5, 5.41) is 4.52. The van der Waals surface area contributed by atoms with Gasteiger partial charge >= 0.3 is 0 Å². The number of hydrogen-bond acceptors (Lipinski definition) is 6. The van der Waals surface area contributed by atoms with Crippen LogP contribution in [0.2, 0.25) is 0 Å². The number of methoxy groups -OCH3 is 2. The third-order valence-corrected chi connectivity index (χ3v) is 5.47. The molecule has 0 aliphatic heterocycles. The highest BCUT2D eigenvalue weighted by Crippen LogP contribution is 2.29. The average Bonchev–Trinajstić information content (AvgIpc) is 3.35. The summed E-state index contributed by atoms with van der Waals surface area (Å²) in [6, 6.07) is 5.33. The maximum Gasteiger partial charge on any atom is 0.276 e. The number of hydrogen-bond donors (Lipinski definition) is 2. The summed E-state index contributed by atoms with van der Waals surface area (Å²) in [5.41, 5.74) is 3.25. The number of fused-ring (bicyclic) bond motifs is 2. The summed E-state index contributed by atoms with van der Waals surface area (Å²) >= 11 is 1.48. The topological polar surface area (TPSA) is 100 Å². The van der Waals surface area contributed by atoms with Gasteiger partial charge in [-0.15, -0.1) is 11.3 Å². The van der Waals surface area contributed by atoms with Crippen molar-refractivity contribution in [2.75, 3.05) is 34.4 Å². The fourth-order valence-corrected chi connectivity index (χ4v) is 3.86. The Kier molecular flexibility index (Phi) is 5.08. The van der Waals surface area contributed by atoms with Gasteiger partial charge in [-0.1, -0.05) is 0 Å². The van der Waals surface area contributed by atoms with Gasteiger partial charge in [-0.25, -0.2) is 4.98 Å². The number of nitrogens with one attached hydrogen (secondary N) is 2. The van der Waals surface area contributed by atoms with Crippen LogP contribution >= 0.6 is 11.3 Å². The Hall–Kier alpha value is -3.17. The molecule has 2 N–H and O–H groups in total. The molecule has 3 aromatic heterocycles. The molecule has 29 heavy (non-hydrogen) atoms. The van der Waals surface area contributed by atoms with E-state index in [4.69, 9.17) is 9.47 Å². The smallest absolute Gasteiger partial charge is 0.276 e. The predicted octanol–water partition coefficient (Wildman–Crippen LogP) is 2.86. The van der Waals surface area contributed by atoms with Gasteiger partial charge in [0.15, 0.2) is 5.69 Å². The van der Waals surface area contributed by atoms with Crippen molar-refractivity contribution >= 4 is 39.2 Å². The average molecular weight is 412 g/mol. The Balaban J connectivity index is 1.78. The van der Waals surface area contributed by atoms with Gasteiger partial charge in [-0.3, -0.25) is 9.59 Å². The Labute approximate surface area is 170 Å². The van der Waals surface area contributed by atoms with Crippen molar-refractivity contribution in [1.82, 2.24) is 19.9 Å². The van der Waals surface area contributed by atoms with Gasteiger partial charge < -0.3 is 24.3 Å². The first-order valence-electron chi connectivity index (χ1n) is 8.93. The highest BCUT2D eigenvalue weighted by molar-refractivity contribution is 7.09. The minimum Gasteiger partial charge on any atom is -0.496 e. The van der Waals surface area contributed by atoms with Crippen LogP contribution in [0.25, 0.3) is 33.3 Å². The van der Waals surface area contributed by atoms with E-state index in [2.05, 4.69) is 15.0 Å². The molecule has 9 heteroatoms. The molecule has 0 bridgehead atoms. The number of carbonyl (C=O) groups excluding carboxylic acids is 1. The number of ether oxygens (including phenoxy) is 2. The molecule has 0 radical (unpaired) electrons. The van der Waals surface area contributed by atoms with Crippen LogP contribution in [0, 0.1) is 0 Å². The minimum atomic E-state index is -0.273. The van der Waals surface area contributed by atoms with Crippen molar-refractivity contribution in [3.63, 3.8) is 0 Å². The molecule has 0 aliphatic carbocycles. The van der Waals surface area contributed by atoms with Gasteiger partial charge in [0.2, 0.25) is 0 Å². The number of nitrogens with zero attached hydrogens (tertiary/aromatic N) is 2. The molecule has 4 rings (SSSR count). The molecule has 0 spiro atoms. The number of aromatic amines is 2. The molecule has 3 heterocycles. The highest BCUT2D eigenvalue weighted by Gasteiger charge is 2.19. The third kappa shape index (κ3) is 3.50. The van der Waals surface area contributed by atoms with Crippen LogP contribution in [0.15, 0.2) is 33.8 Å². The lowest BCUT2D eigenvalue weighted by atomic mass is 10.1. The summed E-state index contributed by atoms with van der Waals surface area (Å²) in [6.45, 7) is 0.912. The van der Waals surface area contributed by atoms with E-state index >= 15 is 0 Å². The van der Waals surface area contributed by atoms with Gasteiger partial charge in [-0.05, 0) is 12.1 Å². The number of H-pyrrole nitrogens is 2. The maximum atomic E-state index is 12.8. The number of likely N-dealkylation sites (N-methyl/N-ethyl adjacent to an activating group) is 1. The lowest BCUT2D eigenvalue weighted by Gasteiger charge is -2.18. The second kappa shape index (κ2) is 7.69. The fourth-order valence-electron chi connectivity index (χ4n) is 3.17. The molecule has 150 valence electrons. The molecular weight excluding hydrogens is 392 g/mol. The van der Waals surface area contributed by atoms with Crippen molar-refractivity contribution in [3.05, 3.63) is 44.9 Å². The molecule has 0 saturated heterocycles. The van der Waals surface area contributed by atoms with Gasteiger partial charge in [-0.2, -0.15) is 0 Å². The number of aromatic nitrogens is 3. The quantitative estimate of drug-likeness (QED) is 0.507. The van der Waals surface area contributed by atoms with Gasteiger partial charge in [0, 0.05) is 48.4 Å². The summed E-state index contributed by atoms with van der Waals surface area (Å²) in [5.74, 6) is 0.287. The fraction of sp³-hybridized carbons (Fsp3) is 0.250. The maximum absolute atomic E-state index is 12.8. The van der Waals surface area contributed by atoms with E-state index in [0.29, 0.717) is 41.4 Å². The zero-order chi connectivity index (χ0) is 20.5. The van der Waals surface area contributed by atoms with E-state index < -0.39 is 0 Å². The van der Waals surface area contributed by atoms with Crippen molar-refractivity contribution in [2.45, 2.75) is 0 Å². The van der Waals surface area contributed by atoms with Crippen LogP contribution in [0.4, 0.5) is 0 Å². The molecule has 0 atom stereocenters. The second-order valence-corrected chi connectivity index (χ2v) is 7.37. The molecule has 0 aliphatic rings. The number of benzene rings is 1. The molecule has 4 aromatic rings. The predicted molar refractivity (Wildman–Crippen MR) is 113 cm³/mol. The Morgan fingerprint density at radius 3 is 2.76 bits per heavy atom. The van der Waals surface area contributed by atoms with Crippen molar-refractivity contribution < 1.29 is 14.3 Å². The molecule has 0 fully saturated rings. The van der Waals surface area contributed by atoms with E-state index in [1.54, 1.807) is 31.2 Å². The van der Waals surface area contributed by atoms with E-state index in [-0.39, 0.29) is 11.5 Å². The summed E-state index contributed by atoms with van der Waals surface area (Å²) in [4.78, 5) is 37.4. The Morgan fingerprint density at radius 2 is 2.00 bits per heavy atom. The summed E-state index contributed by atoms with van der Waals surface area (Å²) in [6.07, 6.45) is 0. The molecule has 8 nitrogen and oxygen atoms in total. The molecule has 1 aromatic carbocycles. The minimum absolute atomic E-state index is 0.167. The second-order valence-electron chi connectivity index (χ2n) is 6.63. The van der Waals surface area contributed by atoms with Crippen LogP contribution in [-0.4, -0.2) is 60.2 Å². The van der Waals surface area contributed by atoms with Crippen LogP contribution in [-0.2, 0) is 4.74 Å². The van der Waals surface area contributed by atoms with E-state index in [0.717, 1.165) is 16.4 Å². The number of amides is 1. The number of rotatable bonds is 6. The largest absolute Gasteiger partial charge is 0.496 e. The van der Waals surface area contributed by atoms with E-state index in [1.165, 1.54) is 18.4 Å². The zero-order valence-electron chi connectivity index (χ0n) is 16.2. The van der Waals surface area contributed by atoms with Crippen LogP contribution < -0.4 is 10.3 Å². The van der Waals surface area contributed by atoms with Gasteiger partial charge in [0.1, 0.15) is 5.75 Å². The lowest BCUT2D eigenvalue weighted by Crippen LogP contribution is -2.30. The number of carbonyl (C=O) groups is 1. The van der Waals surface area contributed by atoms with E-state index in [9.17, 15) is 9.59 Å². The zero-order valence-corrected chi connectivity index (χ0v) is 17.1. The first-order valence-corrected chi connectivity index (χ1v) is 9.88. The normalized spacial score (nSPS) is 11.3. The van der Waals surface area contributed by atoms with Crippen LogP contribution in [0.5, 0.6) is 5.75 Å². The van der Waals surface area contributed by atoms with Gasteiger partial charge in [0.25, 0.3) is 11.5 Å². The van der Waals surface area contributed by atoms with Crippen molar-refractivity contribution in [1.29, 1.82) is 0 Å². The van der Waals surface area contributed by atoms with Crippen LogP contribution in [0.1, 0.15) is 10.4 Å². The summed E-state index contributed by atoms with van der Waals surface area (Å²) in [7, 11) is 4.83.